The standard InChI is InChI=1S/C23H30O2/c1-4-22-12-6-7-21(22)20-9-8-17-15-23(5-2,25-16(3)24)14-11-18(17)19(20)10-13-22/h2,6,12,15,18-21H,4,7-11,13-14H2,1,3H3/t18-,19+,20+,21-,22?,23?/m0/s1. The number of hydrogen-bond acceptors (Lipinski definition) is 2. The van der Waals surface area contributed by atoms with Gasteiger partial charge in [-0.1, -0.05) is 30.6 Å². The molecule has 0 spiro atoms. The van der Waals surface area contributed by atoms with E-state index in [-0.39, 0.29) is 5.97 Å². The molecule has 0 N–H and O–H groups in total. The van der Waals surface area contributed by atoms with Crippen LogP contribution in [0.1, 0.15) is 65.2 Å². The van der Waals surface area contributed by atoms with E-state index >= 15 is 0 Å². The predicted molar refractivity (Wildman–Crippen MR) is 99.6 cm³/mol. The Labute approximate surface area is 152 Å². The molecule has 2 saturated carbocycles. The first-order chi connectivity index (χ1) is 12.0. The van der Waals surface area contributed by atoms with Gasteiger partial charge in [-0.05, 0) is 80.1 Å². The van der Waals surface area contributed by atoms with Gasteiger partial charge >= 0.3 is 5.97 Å². The summed E-state index contributed by atoms with van der Waals surface area (Å²) in [4.78, 5) is 11.5. The van der Waals surface area contributed by atoms with Crippen LogP contribution in [-0.4, -0.2) is 11.6 Å². The molecule has 0 radical (unpaired) electrons. The van der Waals surface area contributed by atoms with Crippen LogP contribution in [0.5, 0.6) is 0 Å². The first-order valence-electron chi connectivity index (χ1n) is 10.1. The van der Waals surface area contributed by atoms with Crippen molar-refractivity contribution < 1.29 is 9.53 Å². The van der Waals surface area contributed by atoms with Gasteiger partial charge in [-0.2, -0.15) is 0 Å². The maximum absolute atomic E-state index is 11.5. The van der Waals surface area contributed by atoms with Crippen molar-refractivity contribution in [2.45, 2.75) is 70.8 Å². The number of esters is 1. The molecule has 0 aromatic rings. The van der Waals surface area contributed by atoms with Crippen LogP contribution in [0.25, 0.3) is 0 Å². The summed E-state index contributed by atoms with van der Waals surface area (Å²) in [6.45, 7) is 3.83. The van der Waals surface area contributed by atoms with Crippen molar-refractivity contribution in [1.82, 2.24) is 0 Å². The van der Waals surface area contributed by atoms with Crippen LogP contribution in [0.15, 0.2) is 23.8 Å². The molecule has 2 unspecified atom stereocenters. The van der Waals surface area contributed by atoms with Crippen molar-refractivity contribution in [1.29, 1.82) is 0 Å². The van der Waals surface area contributed by atoms with E-state index in [1.165, 1.54) is 44.6 Å². The Hall–Kier alpha value is -1.49. The van der Waals surface area contributed by atoms with E-state index in [0.717, 1.165) is 37.0 Å². The van der Waals surface area contributed by atoms with Gasteiger partial charge in [0.1, 0.15) is 0 Å². The van der Waals surface area contributed by atoms with Gasteiger partial charge in [-0.15, -0.1) is 6.42 Å². The van der Waals surface area contributed by atoms with Gasteiger partial charge in [0, 0.05) is 13.3 Å². The third kappa shape index (κ3) is 2.59. The number of rotatable bonds is 2. The molecule has 0 aromatic heterocycles. The fraction of sp³-hybridized carbons (Fsp3) is 0.696. The zero-order valence-corrected chi connectivity index (χ0v) is 15.6. The zero-order chi connectivity index (χ0) is 17.7. The first kappa shape index (κ1) is 17.0. The quantitative estimate of drug-likeness (QED) is 0.400. The van der Waals surface area contributed by atoms with E-state index in [1.807, 2.05) is 0 Å². The lowest BCUT2D eigenvalue weighted by Crippen LogP contribution is -2.47. The van der Waals surface area contributed by atoms with Crippen molar-refractivity contribution in [2.75, 3.05) is 0 Å². The number of allylic oxidation sites excluding steroid dienone is 3. The molecule has 2 nitrogen and oxygen atoms in total. The third-order valence-electron chi connectivity index (χ3n) is 7.82. The molecule has 0 aromatic carbocycles. The van der Waals surface area contributed by atoms with Crippen LogP contribution in [0.2, 0.25) is 0 Å². The maximum atomic E-state index is 11.5. The molecule has 2 fully saturated rings. The highest BCUT2D eigenvalue weighted by Gasteiger charge is 2.53. The highest BCUT2D eigenvalue weighted by Crippen LogP contribution is 2.61. The Morgan fingerprint density at radius 3 is 2.88 bits per heavy atom. The number of carbonyl (C=O) groups excluding carboxylic acids is 1. The SMILES string of the molecule is C#CC1(OC(C)=O)C=C2CC[C@@H]3[C@H](CCC4(CC)C=CC[C@@H]34)[C@H]2CC1. The van der Waals surface area contributed by atoms with Gasteiger partial charge in [0.15, 0.2) is 5.60 Å². The van der Waals surface area contributed by atoms with Gasteiger partial charge in [-0.3, -0.25) is 4.79 Å². The number of carbonyl (C=O) groups is 1. The molecule has 25 heavy (non-hydrogen) atoms. The molecule has 0 bridgehead atoms. The van der Waals surface area contributed by atoms with E-state index in [1.54, 1.807) is 0 Å². The number of hydrogen-bond donors (Lipinski definition) is 0. The lowest BCUT2D eigenvalue weighted by Gasteiger charge is -2.54. The maximum Gasteiger partial charge on any atom is 0.304 e. The Kier molecular flexibility index (Phi) is 4.10. The van der Waals surface area contributed by atoms with Crippen LogP contribution < -0.4 is 0 Å². The second-order valence-corrected chi connectivity index (χ2v) is 8.73. The lowest BCUT2D eigenvalue weighted by atomic mass is 9.51. The highest BCUT2D eigenvalue weighted by molar-refractivity contribution is 5.67. The molecule has 0 amide bonds. The van der Waals surface area contributed by atoms with E-state index in [9.17, 15) is 4.79 Å². The van der Waals surface area contributed by atoms with E-state index in [2.05, 4.69) is 31.1 Å². The Balaban J connectivity index is 1.59. The van der Waals surface area contributed by atoms with Gasteiger partial charge in [0.2, 0.25) is 0 Å². The molecule has 2 heteroatoms. The minimum absolute atomic E-state index is 0.274. The third-order valence-corrected chi connectivity index (χ3v) is 7.82. The highest BCUT2D eigenvalue weighted by atomic mass is 16.6. The van der Waals surface area contributed by atoms with Crippen molar-refractivity contribution in [2.24, 2.45) is 29.1 Å². The van der Waals surface area contributed by atoms with Crippen molar-refractivity contribution in [3.8, 4) is 12.3 Å². The summed E-state index contributed by atoms with van der Waals surface area (Å²) >= 11 is 0. The van der Waals surface area contributed by atoms with E-state index in [0.29, 0.717) is 11.3 Å². The fourth-order valence-corrected chi connectivity index (χ4v) is 6.69. The summed E-state index contributed by atoms with van der Waals surface area (Å²) in [5.74, 6) is 5.68. The molecular formula is C23H30O2. The molecule has 4 aliphatic rings. The Morgan fingerprint density at radius 1 is 1.32 bits per heavy atom. The number of ether oxygens (including phenoxy) is 1. The smallest absolute Gasteiger partial charge is 0.304 e. The molecule has 134 valence electrons. The summed E-state index contributed by atoms with van der Waals surface area (Å²) in [7, 11) is 0. The second kappa shape index (κ2) is 6.04. The Bertz CT molecular complexity index is 666. The van der Waals surface area contributed by atoms with Crippen molar-refractivity contribution >= 4 is 5.97 Å². The van der Waals surface area contributed by atoms with Crippen LogP contribution >= 0.6 is 0 Å². The van der Waals surface area contributed by atoms with Gasteiger partial charge in [-0.25, -0.2) is 0 Å². The zero-order valence-electron chi connectivity index (χ0n) is 15.6. The average molecular weight is 338 g/mol. The van der Waals surface area contributed by atoms with Gasteiger partial charge in [0.25, 0.3) is 0 Å². The number of fused-ring (bicyclic) bond motifs is 5. The largest absolute Gasteiger partial charge is 0.442 e. The second-order valence-electron chi connectivity index (χ2n) is 8.73. The number of terminal acetylenes is 1. The average Bonchev–Trinajstić information content (AvgIpc) is 3.05. The topological polar surface area (TPSA) is 26.3 Å². The van der Waals surface area contributed by atoms with Crippen LogP contribution in [0, 0.1) is 41.4 Å². The Morgan fingerprint density at radius 2 is 2.16 bits per heavy atom. The summed E-state index contributed by atoms with van der Waals surface area (Å²) in [5, 5.41) is 0. The molecule has 0 saturated heterocycles. The normalized spacial score (nSPS) is 44.8. The van der Waals surface area contributed by atoms with Gasteiger partial charge in [0.05, 0.1) is 0 Å². The molecule has 4 aliphatic carbocycles. The molecular weight excluding hydrogens is 308 g/mol. The fourth-order valence-electron chi connectivity index (χ4n) is 6.69. The van der Waals surface area contributed by atoms with Crippen LogP contribution in [0.4, 0.5) is 0 Å². The van der Waals surface area contributed by atoms with E-state index < -0.39 is 5.60 Å². The van der Waals surface area contributed by atoms with Crippen molar-refractivity contribution in [3.05, 3.63) is 23.8 Å². The first-order valence-corrected chi connectivity index (χ1v) is 10.1. The predicted octanol–water partition coefficient (Wildman–Crippen LogP) is 5.05. The summed E-state index contributed by atoms with van der Waals surface area (Å²) in [6.07, 6.45) is 22.4. The molecule has 0 aliphatic heterocycles. The lowest BCUT2D eigenvalue weighted by molar-refractivity contribution is -0.149. The van der Waals surface area contributed by atoms with E-state index in [4.69, 9.17) is 11.2 Å². The van der Waals surface area contributed by atoms with Gasteiger partial charge < -0.3 is 4.74 Å². The molecule has 4 rings (SSSR count). The summed E-state index contributed by atoms with van der Waals surface area (Å²) in [5.41, 5.74) is 1.17. The molecule has 0 heterocycles. The minimum atomic E-state index is -0.790. The minimum Gasteiger partial charge on any atom is -0.442 e. The van der Waals surface area contributed by atoms with Crippen LogP contribution in [-0.2, 0) is 9.53 Å². The molecule has 6 atom stereocenters. The monoisotopic (exact) mass is 338 g/mol. The summed E-state index contributed by atoms with van der Waals surface area (Å²) in [6, 6.07) is 0. The van der Waals surface area contributed by atoms with Crippen molar-refractivity contribution in [3.63, 3.8) is 0 Å². The summed E-state index contributed by atoms with van der Waals surface area (Å²) < 4.78 is 5.55. The van der Waals surface area contributed by atoms with Crippen LogP contribution in [0.3, 0.4) is 0 Å².